The van der Waals surface area contributed by atoms with Crippen LogP contribution in [0.15, 0.2) is 42.5 Å². The van der Waals surface area contributed by atoms with Crippen LogP contribution in [0, 0.1) is 5.41 Å². The van der Waals surface area contributed by atoms with Crippen molar-refractivity contribution in [2.24, 2.45) is 5.41 Å². The molecule has 1 aliphatic rings. The number of carbonyl (C=O) groups is 1. The van der Waals surface area contributed by atoms with Gasteiger partial charge in [-0.05, 0) is 18.4 Å². The minimum atomic E-state index is -0.0188. The lowest BCUT2D eigenvalue weighted by Gasteiger charge is -2.46. The average molecular weight is 243 g/mol. The van der Waals surface area contributed by atoms with Gasteiger partial charge in [0.15, 0.2) is 0 Å². The van der Waals surface area contributed by atoms with Crippen molar-refractivity contribution in [3.8, 4) is 0 Å². The number of carbonyl (C=O) groups excluding carboxylic acids is 1. The van der Waals surface area contributed by atoms with Crippen molar-refractivity contribution in [3.05, 3.63) is 48.0 Å². The van der Waals surface area contributed by atoms with Crippen molar-refractivity contribution in [1.29, 1.82) is 0 Å². The summed E-state index contributed by atoms with van der Waals surface area (Å²) >= 11 is 0. The summed E-state index contributed by atoms with van der Waals surface area (Å²) in [6, 6.07) is 10.6. The van der Waals surface area contributed by atoms with Gasteiger partial charge in [-0.2, -0.15) is 0 Å². The molecule has 0 N–H and O–H groups in total. The van der Waals surface area contributed by atoms with E-state index in [0.29, 0.717) is 0 Å². The molecule has 2 rings (SSSR count). The molecule has 1 fully saturated rings. The van der Waals surface area contributed by atoms with Crippen LogP contribution in [0.2, 0.25) is 0 Å². The molecule has 96 valence electrons. The van der Waals surface area contributed by atoms with Gasteiger partial charge < -0.3 is 4.90 Å². The maximum absolute atomic E-state index is 11.3. The molecule has 1 aromatic rings. The third kappa shape index (κ3) is 2.33. The number of hydrogen-bond donors (Lipinski definition) is 0. The van der Waals surface area contributed by atoms with Crippen LogP contribution < -0.4 is 0 Å². The fourth-order valence-corrected chi connectivity index (χ4v) is 2.73. The van der Waals surface area contributed by atoms with Gasteiger partial charge in [0.25, 0.3) is 0 Å². The second kappa shape index (κ2) is 4.97. The maximum atomic E-state index is 11.3. The SMILES string of the molecule is C=C1CCN(C=O)[C@H](Cc2ccccc2)C1(C)C. The Morgan fingerprint density at radius 2 is 2.06 bits per heavy atom. The van der Waals surface area contributed by atoms with E-state index >= 15 is 0 Å². The highest BCUT2D eigenvalue weighted by Crippen LogP contribution is 2.39. The molecule has 1 aromatic carbocycles. The Bertz CT molecular complexity index is 436. The first-order valence-corrected chi connectivity index (χ1v) is 6.49. The van der Waals surface area contributed by atoms with Gasteiger partial charge in [0, 0.05) is 18.0 Å². The summed E-state index contributed by atoms with van der Waals surface area (Å²) in [7, 11) is 0. The van der Waals surface area contributed by atoms with E-state index in [9.17, 15) is 4.79 Å². The first-order chi connectivity index (χ1) is 8.55. The first kappa shape index (κ1) is 12.9. The van der Waals surface area contributed by atoms with Gasteiger partial charge in [-0.15, -0.1) is 0 Å². The Labute approximate surface area is 109 Å². The Morgan fingerprint density at radius 1 is 1.39 bits per heavy atom. The predicted molar refractivity (Wildman–Crippen MR) is 74.2 cm³/mol. The molecule has 1 aliphatic heterocycles. The smallest absolute Gasteiger partial charge is 0.210 e. The van der Waals surface area contributed by atoms with Crippen LogP contribution in [-0.4, -0.2) is 23.9 Å². The van der Waals surface area contributed by atoms with Crippen molar-refractivity contribution >= 4 is 6.41 Å². The van der Waals surface area contributed by atoms with Crippen LogP contribution in [0.25, 0.3) is 0 Å². The van der Waals surface area contributed by atoms with E-state index in [0.717, 1.165) is 25.8 Å². The van der Waals surface area contributed by atoms with Gasteiger partial charge in [-0.3, -0.25) is 4.79 Å². The summed E-state index contributed by atoms with van der Waals surface area (Å²) in [6.07, 6.45) is 2.80. The highest BCUT2D eigenvalue weighted by molar-refractivity contribution is 5.50. The Hall–Kier alpha value is -1.57. The molecule has 2 heteroatoms. The molecule has 0 unspecified atom stereocenters. The molecule has 1 saturated heterocycles. The van der Waals surface area contributed by atoms with Gasteiger partial charge in [-0.1, -0.05) is 56.3 Å². The quantitative estimate of drug-likeness (QED) is 0.590. The molecule has 0 spiro atoms. The highest BCUT2D eigenvalue weighted by Gasteiger charge is 2.39. The fraction of sp³-hybridized carbons (Fsp3) is 0.438. The van der Waals surface area contributed by atoms with E-state index in [1.165, 1.54) is 11.1 Å². The van der Waals surface area contributed by atoms with E-state index in [4.69, 9.17) is 0 Å². The first-order valence-electron chi connectivity index (χ1n) is 6.49. The van der Waals surface area contributed by atoms with Gasteiger partial charge >= 0.3 is 0 Å². The number of hydrogen-bond acceptors (Lipinski definition) is 1. The van der Waals surface area contributed by atoms with Crippen molar-refractivity contribution in [2.45, 2.75) is 32.7 Å². The number of rotatable bonds is 3. The van der Waals surface area contributed by atoms with Crippen molar-refractivity contribution in [2.75, 3.05) is 6.54 Å². The van der Waals surface area contributed by atoms with E-state index in [1.54, 1.807) is 0 Å². The number of amides is 1. The monoisotopic (exact) mass is 243 g/mol. The number of likely N-dealkylation sites (tertiary alicyclic amines) is 1. The van der Waals surface area contributed by atoms with E-state index < -0.39 is 0 Å². The molecular formula is C16H21NO. The number of benzene rings is 1. The summed E-state index contributed by atoms with van der Waals surface area (Å²) in [4.78, 5) is 13.2. The summed E-state index contributed by atoms with van der Waals surface area (Å²) < 4.78 is 0. The lowest BCUT2D eigenvalue weighted by molar-refractivity contribution is -0.123. The zero-order valence-electron chi connectivity index (χ0n) is 11.2. The van der Waals surface area contributed by atoms with E-state index in [2.05, 4.69) is 32.6 Å². The minimum Gasteiger partial charge on any atom is -0.341 e. The fourth-order valence-electron chi connectivity index (χ4n) is 2.73. The number of piperidine rings is 1. The minimum absolute atomic E-state index is 0.0188. The van der Waals surface area contributed by atoms with Crippen LogP contribution in [0.5, 0.6) is 0 Å². The molecule has 0 bridgehead atoms. The molecule has 0 aromatic heterocycles. The molecule has 0 saturated carbocycles. The molecule has 1 atom stereocenters. The van der Waals surface area contributed by atoms with Crippen LogP contribution in [0.1, 0.15) is 25.8 Å². The third-order valence-electron chi connectivity index (χ3n) is 4.22. The summed E-state index contributed by atoms with van der Waals surface area (Å²) in [5.41, 5.74) is 2.51. The molecule has 2 nitrogen and oxygen atoms in total. The lowest BCUT2D eigenvalue weighted by Crippen LogP contribution is -2.51. The Kier molecular flexibility index (Phi) is 3.55. The van der Waals surface area contributed by atoms with Crippen LogP contribution in [0.4, 0.5) is 0 Å². The molecule has 0 radical (unpaired) electrons. The van der Waals surface area contributed by atoms with Gasteiger partial charge in [0.2, 0.25) is 6.41 Å². The van der Waals surface area contributed by atoms with Crippen molar-refractivity contribution < 1.29 is 4.79 Å². The standard InChI is InChI=1S/C16H21NO/c1-13-9-10-17(12-18)15(16(13,2)3)11-14-7-5-4-6-8-14/h4-8,12,15H,1,9-11H2,2-3H3/t15-/m1/s1. The topological polar surface area (TPSA) is 20.3 Å². The van der Waals surface area contributed by atoms with Gasteiger partial charge in [0.05, 0.1) is 0 Å². The zero-order valence-corrected chi connectivity index (χ0v) is 11.2. The third-order valence-corrected chi connectivity index (χ3v) is 4.22. The largest absolute Gasteiger partial charge is 0.341 e. The lowest BCUT2D eigenvalue weighted by atomic mass is 9.71. The maximum Gasteiger partial charge on any atom is 0.210 e. The summed E-state index contributed by atoms with van der Waals surface area (Å²) in [6.45, 7) is 9.37. The zero-order chi connectivity index (χ0) is 13.2. The molecule has 1 heterocycles. The summed E-state index contributed by atoms with van der Waals surface area (Å²) in [5, 5.41) is 0. The van der Waals surface area contributed by atoms with Crippen molar-refractivity contribution in [3.63, 3.8) is 0 Å². The number of nitrogens with zero attached hydrogens (tertiary/aromatic N) is 1. The van der Waals surface area contributed by atoms with E-state index in [1.807, 2.05) is 23.1 Å². The second-order valence-electron chi connectivity index (χ2n) is 5.62. The van der Waals surface area contributed by atoms with Crippen LogP contribution in [-0.2, 0) is 11.2 Å². The Balaban J connectivity index is 2.25. The predicted octanol–water partition coefficient (Wildman–Crippen LogP) is 3.04. The molecular weight excluding hydrogens is 222 g/mol. The van der Waals surface area contributed by atoms with Crippen molar-refractivity contribution in [1.82, 2.24) is 4.90 Å². The van der Waals surface area contributed by atoms with Crippen LogP contribution >= 0.6 is 0 Å². The summed E-state index contributed by atoms with van der Waals surface area (Å²) in [5.74, 6) is 0. The molecule has 0 aliphatic carbocycles. The van der Waals surface area contributed by atoms with Crippen LogP contribution in [0.3, 0.4) is 0 Å². The molecule has 18 heavy (non-hydrogen) atoms. The van der Waals surface area contributed by atoms with Gasteiger partial charge in [-0.25, -0.2) is 0 Å². The normalized spacial score (nSPS) is 22.9. The second-order valence-corrected chi connectivity index (χ2v) is 5.62. The van der Waals surface area contributed by atoms with E-state index in [-0.39, 0.29) is 11.5 Å². The Morgan fingerprint density at radius 3 is 2.67 bits per heavy atom. The molecule has 1 amide bonds. The van der Waals surface area contributed by atoms with Gasteiger partial charge in [0.1, 0.15) is 0 Å². The highest BCUT2D eigenvalue weighted by atomic mass is 16.1. The average Bonchev–Trinajstić information content (AvgIpc) is 2.37.